The quantitative estimate of drug-likeness (QED) is 0.910. The molecule has 0 aliphatic carbocycles. The molecular formula is C21H27N3O. The molecule has 1 heterocycles. The van der Waals surface area contributed by atoms with Crippen LogP contribution in [0.2, 0.25) is 0 Å². The summed E-state index contributed by atoms with van der Waals surface area (Å²) in [6, 6.07) is 14.4. The lowest BCUT2D eigenvalue weighted by molar-refractivity contribution is 0.208. The summed E-state index contributed by atoms with van der Waals surface area (Å²) in [4.78, 5) is 16.9. The monoisotopic (exact) mass is 337 g/mol. The Balaban J connectivity index is 1.63. The molecule has 2 amide bonds. The third-order valence-electron chi connectivity index (χ3n) is 4.96. The second-order valence-electron chi connectivity index (χ2n) is 6.66. The summed E-state index contributed by atoms with van der Waals surface area (Å²) >= 11 is 0. The molecule has 132 valence electrons. The third-order valence-corrected chi connectivity index (χ3v) is 4.96. The molecule has 25 heavy (non-hydrogen) atoms. The molecule has 2 aromatic carbocycles. The number of para-hydroxylation sites is 2. The standard InChI is InChI=1S/C21H27N3O/c1-4-18-10-5-6-11-19(18)22-21(25)24-14-12-23(13-15-24)20-16(2)8-7-9-17(20)3/h5-11H,4,12-15H2,1-3H3,(H,22,25). The maximum Gasteiger partial charge on any atom is 0.321 e. The summed E-state index contributed by atoms with van der Waals surface area (Å²) in [6.07, 6.45) is 0.913. The number of benzene rings is 2. The number of hydrogen-bond acceptors (Lipinski definition) is 2. The van der Waals surface area contributed by atoms with Gasteiger partial charge in [0, 0.05) is 37.6 Å². The van der Waals surface area contributed by atoms with Crippen LogP contribution in [0.1, 0.15) is 23.6 Å². The fourth-order valence-electron chi connectivity index (χ4n) is 3.58. The first-order chi connectivity index (χ1) is 12.1. The van der Waals surface area contributed by atoms with Crippen molar-refractivity contribution < 1.29 is 4.79 Å². The molecule has 0 spiro atoms. The largest absolute Gasteiger partial charge is 0.368 e. The molecule has 0 saturated carbocycles. The molecule has 0 aromatic heterocycles. The van der Waals surface area contributed by atoms with E-state index in [4.69, 9.17) is 0 Å². The van der Waals surface area contributed by atoms with E-state index in [0.717, 1.165) is 38.3 Å². The van der Waals surface area contributed by atoms with Gasteiger partial charge in [-0.05, 0) is 43.0 Å². The summed E-state index contributed by atoms with van der Waals surface area (Å²) in [5.41, 5.74) is 6.01. The number of nitrogens with zero attached hydrogens (tertiary/aromatic N) is 2. The van der Waals surface area contributed by atoms with E-state index in [1.54, 1.807) is 0 Å². The molecule has 0 bridgehead atoms. The number of urea groups is 1. The van der Waals surface area contributed by atoms with Crippen molar-refractivity contribution in [2.24, 2.45) is 0 Å². The Hall–Kier alpha value is -2.49. The number of piperazine rings is 1. The zero-order valence-electron chi connectivity index (χ0n) is 15.4. The molecule has 2 aromatic rings. The van der Waals surface area contributed by atoms with Gasteiger partial charge in [-0.25, -0.2) is 4.79 Å². The van der Waals surface area contributed by atoms with Crippen LogP contribution in [0.3, 0.4) is 0 Å². The zero-order chi connectivity index (χ0) is 17.8. The van der Waals surface area contributed by atoms with Gasteiger partial charge in [0.05, 0.1) is 0 Å². The lowest BCUT2D eigenvalue weighted by atomic mass is 10.1. The summed E-state index contributed by atoms with van der Waals surface area (Å²) in [6.45, 7) is 9.64. The van der Waals surface area contributed by atoms with Gasteiger partial charge in [0.2, 0.25) is 0 Å². The smallest absolute Gasteiger partial charge is 0.321 e. The molecular weight excluding hydrogens is 310 g/mol. The molecule has 0 radical (unpaired) electrons. The fraction of sp³-hybridized carbons (Fsp3) is 0.381. The highest BCUT2D eigenvalue weighted by Crippen LogP contribution is 2.25. The Kier molecular flexibility index (Phi) is 5.27. The Labute approximate surface area is 150 Å². The Morgan fingerprint density at radius 2 is 1.60 bits per heavy atom. The molecule has 1 saturated heterocycles. The first-order valence-electron chi connectivity index (χ1n) is 9.05. The highest BCUT2D eigenvalue weighted by atomic mass is 16.2. The van der Waals surface area contributed by atoms with Gasteiger partial charge >= 0.3 is 6.03 Å². The molecule has 1 N–H and O–H groups in total. The van der Waals surface area contributed by atoms with Crippen molar-refractivity contribution in [1.29, 1.82) is 0 Å². The summed E-state index contributed by atoms with van der Waals surface area (Å²) < 4.78 is 0. The van der Waals surface area contributed by atoms with E-state index in [0.29, 0.717) is 0 Å². The molecule has 4 heteroatoms. The van der Waals surface area contributed by atoms with Crippen molar-refractivity contribution in [3.8, 4) is 0 Å². The van der Waals surface area contributed by atoms with Gasteiger partial charge in [-0.3, -0.25) is 0 Å². The molecule has 1 aliphatic rings. The average Bonchev–Trinajstić information content (AvgIpc) is 2.62. The molecule has 3 rings (SSSR count). The van der Waals surface area contributed by atoms with E-state index in [9.17, 15) is 4.79 Å². The fourth-order valence-corrected chi connectivity index (χ4v) is 3.58. The number of amides is 2. The highest BCUT2D eigenvalue weighted by Gasteiger charge is 2.23. The molecule has 1 fully saturated rings. The van der Waals surface area contributed by atoms with Crippen LogP contribution in [-0.2, 0) is 6.42 Å². The Bertz CT molecular complexity index is 728. The number of carbonyl (C=O) groups is 1. The van der Waals surface area contributed by atoms with Crippen LogP contribution in [0.15, 0.2) is 42.5 Å². The lowest BCUT2D eigenvalue weighted by Crippen LogP contribution is -2.50. The number of carbonyl (C=O) groups excluding carboxylic acids is 1. The predicted molar refractivity (Wildman–Crippen MR) is 105 cm³/mol. The van der Waals surface area contributed by atoms with E-state index in [1.807, 2.05) is 23.1 Å². The minimum Gasteiger partial charge on any atom is -0.368 e. The highest BCUT2D eigenvalue weighted by molar-refractivity contribution is 5.90. The SMILES string of the molecule is CCc1ccccc1NC(=O)N1CCN(c2c(C)cccc2C)CC1. The van der Waals surface area contributed by atoms with E-state index in [-0.39, 0.29) is 6.03 Å². The van der Waals surface area contributed by atoms with Crippen LogP contribution >= 0.6 is 0 Å². The molecule has 0 atom stereocenters. The maximum atomic E-state index is 12.6. The molecule has 0 unspecified atom stereocenters. The minimum atomic E-state index is 0.00190. The van der Waals surface area contributed by atoms with Crippen LogP contribution in [0.25, 0.3) is 0 Å². The first kappa shape index (κ1) is 17.3. The molecule has 4 nitrogen and oxygen atoms in total. The van der Waals surface area contributed by atoms with Gasteiger partial charge in [-0.15, -0.1) is 0 Å². The van der Waals surface area contributed by atoms with E-state index in [2.05, 4.69) is 55.3 Å². The van der Waals surface area contributed by atoms with E-state index < -0.39 is 0 Å². The van der Waals surface area contributed by atoms with Crippen molar-refractivity contribution in [2.75, 3.05) is 36.4 Å². The van der Waals surface area contributed by atoms with Crippen LogP contribution in [0, 0.1) is 13.8 Å². The van der Waals surface area contributed by atoms with Crippen LogP contribution in [0.4, 0.5) is 16.2 Å². The van der Waals surface area contributed by atoms with Gasteiger partial charge in [-0.1, -0.05) is 43.3 Å². The van der Waals surface area contributed by atoms with E-state index in [1.165, 1.54) is 22.4 Å². The van der Waals surface area contributed by atoms with Crippen molar-refractivity contribution in [3.63, 3.8) is 0 Å². The minimum absolute atomic E-state index is 0.00190. The number of nitrogens with one attached hydrogen (secondary N) is 1. The summed E-state index contributed by atoms with van der Waals surface area (Å²) in [7, 11) is 0. The Morgan fingerprint density at radius 3 is 2.24 bits per heavy atom. The van der Waals surface area contributed by atoms with Gasteiger partial charge in [0.25, 0.3) is 0 Å². The van der Waals surface area contributed by atoms with Crippen molar-refractivity contribution in [1.82, 2.24) is 4.90 Å². The summed E-state index contributed by atoms with van der Waals surface area (Å²) in [5, 5.41) is 3.08. The number of aryl methyl sites for hydroxylation is 3. The van der Waals surface area contributed by atoms with Crippen LogP contribution < -0.4 is 10.2 Å². The lowest BCUT2D eigenvalue weighted by Gasteiger charge is -2.37. The third kappa shape index (κ3) is 3.78. The Morgan fingerprint density at radius 1 is 0.960 bits per heavy atom. The van der Waals surface area contributed by atoms with Gasteiger partial charge in [-0.2, -0.15) is 0 Å². The van der Waals surface area contributed by atoms with Gasteiger partial charge < -0.3 is 15.1 Å². The van der Waals surface area contributed by atoms with Crippen molar-refractivity contribution in [3.05, 3.63) is 59.2 Å². The van der Waals surface area contributed by atoms with Crippen molar-refractivity contribution >= 4 is 17.4 Å². The van der Waals surface area contributed by atoms with Gasteiger partial charge in [0.15, 0.2) is 0 Å². The van der Waals surface area contributed by atoms with Crippen LogP contribution in [-0.4, -0.2) is 37.1 Å². The first-order valence-corrected chi connectivity index (χ1v) is 9.05. The predicted octanol–water partition coefficient (Wildman–Crippen LogP) is 4.22. The second kappa shape index (κ2) is 7.60. The van der Waals surface area contributed by atoms with Crippen molar-refractivity contribution in [2.45, 2.75) is 27.2 Å². The normalized spacial score (nSPS) is 14.5. The van der Waals surface area contributed by atoms with E-state index >= 15 is 0 Å². The number of rotatable bonds is 3. The molecule has 1 aliphatic heterocycles. The average molecular weight is 337 g/mol. The summed E-state index contributed by atoms with van der Waals surface area (Å²) in [5.74, 6) is 0. The maximum absolute atomic E-state index is 12.6. The topological polar surface area (TPSA) is 35.6 Å². The zero-order valence-corrected chi connectivity index (χ0v) is 15.4. The van der Waals surface area contributed by atoms with Crippen LogP contribution in [0.5, 0.6) is 0 Å². The number of hydrogen-bond donors (Lipinski definition) is 1. The number of anilines is 2. The van der Waals surface area contributed by atoms with Gasteiger partial charge in [0.1, 0.15) is 0 Å². The second-order valence-corrected chi connectivity index (χ2v) is 6.66.